The van der Waals surface area contributed by atoms with Crippen molar-refractivity contribution in [2.45, 2.75) is 25.7 Å². The number of primary sulfonamides is 1. The molecule has 1 aromatic carbocycles. The maximum absolute atomic E-state index is 12.0. The molecule has 0 bridgehead atoms. The number of nitrogens with two attached hydrogens (primary N) is 1. The van der Waals surface area contributed by atoms with E-state index in [4.69, 9.17) is 10.4 Å². The lowest BCUT2D eigenvalue weighted by Crippen LogP contribution is -2.27. The fourth-order valence-electron chi connectivity index (χ4n) is 2.59. The molecule has 6 nitrogen and oxygen atoms in total. The van der Waals surface area contributed by atoms with Gasteiger partial charge in [-0.25, -0.2) is 13.6 Å². The number of benzene rings is 1. The van der Waals surface area contributed by atoms with Gasteiger partial charge >= 0.3 is 0 Å². The smallest absolute Gasteiger partial charge is 0.227 e. The Bertz CT molecular complexity index is 717. The van der Waals surface area contributed by atoms with E-state index in [9.17, 15) is 13.2 Å². The van der Waals surface area contributed by atoms with Crippen LogP contribution in [0.4, 0.5) is 5.69 Å². The van der Waals surface area contributed by atoms with Crippen LogP contribution in [0.15, 0.2) is 24.3 Å². The number of rotatable bonds is 4. The van der Waals surface area contributed by atoms with Gasteiger partial charge in [0.15, 0.2) is 0 Å². The normalized spacial score (nSPS) is 19.3. The van der Waals surface area contributed by atoms with Gasteiger partial charge in [0.25, 0.3) is 0 Å². The summed E-state index contributed by atoms with van der Waals surface area (Å²) in [6.45, 7) is 3.99. The number of amides is 1. The summed E-state index contributed by atoms with van der Waals surface area (Å²) in [4.78, 5) is 13.6. The van der Waals surface area contributed by atoms with Crippen LogP contribution in [0.2, 0.25) is 0 Å². The Morgan fingerprint density at radius 3 is 2.45 bits per heavy atom. The quantitative estimate of drug-likeness (QED) is 0.897. The van der Waals surface area contributed by atoms with E-state index in [1.54, 1.807) is 17.0 Å². The number of nitriles is 1. The molecule has 1 aliphatic rings. The maximum Gasteiger partial charge on any atom is 0.227 e. The fourth-order valence-corrected chi connectivity index (χ4v) is 3.47. The Hall–Kier alpha value is -1.91. The van der Waals surface area contributed by atoms with Crippen molar-refractivity contribution in [3.63, 3.8) is 0 Å². The predicted molar refractivity (Wildman–Crippen MR) is 83.5 cm³/mol. The second-order valence-electron chi connectivity index (χ2n) is 6.19. The van der Waals surface area contributed by atoms with E-state index in [1.165, 1.54) is 0 Å². The van der Waals surface area contributed by atoms with Crippen molar-refractivity contribution < 1.29 is 13.2 Å². The number of sulfonamides is 1. The molecule has 1 atom stereocenters. The van der Waals surface area contributed by atoms with Crippen molar-refractivity contribution in [1.82, 2.24) is 0 Å². The van der Waals surface area contributed by atoms with Crippen LogP contribution in [0.25, 0.3) is 0 Å². The van der Waals surface area contributed by atoms with Crippen molar-refractivity contribution in [2.24, 2.45) is 11.1 Å². The summed E-state index contributed by atoms with van der Waals surface area (Å²) in [6, 6.07) is 9.43. The highest BCUT2D eigenvalue weighted by Gasteiger charge is 2.33. The molecule has 1 unspecified atom stereocenters. The molecule has 1 saturated heterocycles. The molecule has 0 radical (unpaired) electrons. The highest BCUT2D eigenvalue weighted by Crippen LogP contribution is 2.29. The number of anilines is 1. The zero-order valence-electron chi connectivity index (χ0n) is 12.6. The third-order valence-electron chi connectivity index (χ3n) is 3.85. The van der Waals surface area contributed by atoms with E-state index in [0.29, 0.717) is 12.2 Å². The lowest BCUT2D eigenvalue weighted by atomic mass is 9.86. The highest BCUT2D eigenvalue weighted by atomic mass is 32.2. The molecule has 1 aliphatic heterocycles. The van der Waals surface area contributed by atoms with Crippen LogP contribution >= 0.6 is 0 Å². The highest BCUT2D eigenvalue weighted by molar-refractivity contribution is 7.89. The Morgan fingerprint density at radius 2 is 1.95 bits per heavy atom. The average molecular weight is 321 g/mol. The van der Waals surface area contributed by atoms with Gasteiger partial charge < -0.3 is 4.90 Å². The molecule has 2 rings (SSSR count). The summed E-state index contributed by atoms with van der Waals surface area (Å²) in [7, 11) is -3.58. The third-order valence-corrected chi connectivity index (χ3v) is 4.79. The zero-order chi connectivity index (χ0) is 16.5. The first-order chi connectivity index (χ1) is 10.1. The first kappa shape index (κ1) is 16.5. The van der Waals surface area contributed by atoms with Crippen molar-refractivity contribution in [3.05, 3.63) is 29.8 Å². The summed E-state index contributed by atoms with van der Waals surface area (Å²) in [6.07, 6.45) is 0.182. The summed E-state index contributed by atoms with van der Waals surface area (Å²) in [5.41, 5.74) is 0.981. The minimum Gasteiger partial charge on any atom is -0.312 e. The van der Waals surface area contributed by atoms with Gasteiger partial charge in [0.05, 0.1) is 17.2 Å². The Morgan fingerprint density at radius 1 is 1.36 bits per heavy atom. The standard InChI is InChI=1S/C15H19N3O3S/c1-15(2,10-16)12-3-5-13(6-4-12)18-8-11(7-14(18)19)9-22(17,20)21/h3-6,11H,7-9H2,1-2H3,(H2,17,20,21). The maximum atomic E-state index is 12.0. The second kappa shape index (κ2) is 5.71. The van der Waals surface area contributed by atoms with Gasteiger partial charge in [0, 0.05) is 24.6 Å². The zero-order valence-corrected chi connectivity index (χ0v) is 13.4. The van der Waals surface area contributed by atoms with Gasteiger partial charge in [0.2, 0.25) is 15.9 Å². The van der Waals surface area contributed by atoms with Crippen molar-refractivity contribution in [3.8, 4) is 6.07 Å². The van der Waals surface area contributed by atoms with Crippen LogP contribution in [-0.4, -0.2) is 26.6 Å². The van der Waals surface area contributed by atoms with Gasteiger partial charge in [0.1, 0.15) is 0 Å². The molecule has 1 amide bonds. The molecule has 0 aliphatic carbocycles. The van der Waals surface area contributed by atoms with E-state index in [-0.39, 0.29) is 24.0 Å². The number of hydrogen-bond acceptors (Lipinski definition) is 4. The monoisotopic (exact) mass is 321 g/mol. The molecule has 0 aromatic heterocycles. The molecule has 0 saturated carbocycles. The van der Waals surface area contributed by atoms with Crippen molar-refractivity contribution in [2.75, 3.05) is 17.2 Å². The lowest BCUT2D eigenvalue weighted by molar-refractivity contribution is -0.117. The summed E-state index contributed by atoms with van der Waals surface area (Å²) in [5.74, 6) is -0.576. The van der Waals surface area contributed by atoms with Crippen LogP contribution < -0.4 is 10.0 Å². The molecule has 22 heavy (non-hydrogen) atoms. The molecular weight excluding hydrogens is 302 g/mol. The van der Waals surface area contributed by atoms with Gasteiger partial charge in [-0.3, -0.25) is 4.79 Å². The molecule has 1 fully saturated rings. The molecule has 118 valence electrons. The van der Waals surface area contributed by atoms with Crippen LogP contribution in [-0.2, 0) is 20.2 Å². The van der Waals surface area contributed by atoms with Crippen LogP contribution in [0.5, 0.6) is 0 Å². The third kappa shape index (κ3) is 3.64. The van der Waals surface area contributed by atoms with Crippen LogP contribution in [0, 0.1) is 17.2 Å². The fraction of sp³-hybridized carbons (Fsp3) is 0.467. The van der Waals surface area contributed by atoms with Crippen molar-refractivity contribution in [1.29, 1.82) is 5.26 Å². The number of carbonyl (C=O) groups is 1. The van der Waals surface area contributed by atoms with Crippen LogP contribution in [0.3, 0.4) is 0 Å². The minimum absolute atomic E-state index is 0.110. The van der Waals surface area contributed by atoms with Gasteiger partial charge in [-0.2, -0.15) is 5.26 Å². The summed E-state index contributed by atoms with van der Waals surface area (Å²) < 4.78 is 22.3. The largest absolute Gasteiger partial charge is 0.312 e. The number of carbonyl (C=O) groups excluding carboxylic acids is 1. The first-order valence-electron chi connectivity index (χ1n) is 6.95. The van der Waals surface area contributed by atoms with E-state index in [1.807, 2.05) is 26.0 Å². The van der Waals surface area contributed by atoms with Gasteiger partial charge in [-0.15, -0.1) is 0 Å². The van der Waals surface area contributed by atoms with Crippen LogP contribution in [0.1, 0.15) is 25.8 Å². The molecular formula is C15H19N3O3S. The Kier molecular flexibility index (Phi) is 4.27. The van der Waals surface area contributed by atoms with Crippen molar-refractivity contribution >= 4 is 21.6 Å². The topological polar surface area (TPSA) is 104 Å². The average Bonchev–Trinajstić information content (AvgIpc) is 2.77. The van der Waals surface area contributed by atoms with E-state index in [0.717, 1.165) is 5.56 Å². The Balaban J connectivity index is 2.16. The number of hydrogen-bond donors (Lipinski definition) is 1. The van der Waals surface area contributed by atoms with E-state index < -0.39 is 15.4 Å². The Labute approximate surface area is 130 Å². The molecule has 2 N–H and O–H groups in total. The SMILES string of the molecule is CC(C)(C#N)c1ccc(N2CC(CS(N)(=O)=O)CC2=O)cc1. The van der Waals surface area contributed by atoms with Gasteiger partial charge in [-0.05, 0) is 31.5 Å². The molecule has 1 heterocycles. The minimum atomic E-state index is -3.58. The van der Waals surface area contributed by atoms with E-state index in [2.05, 4.69) is 6.07 Å². The number of nitrogens with zero attached hydrogens (tertiary/aromatic N) is 2. The van der Waals surface area contributed by atoms with Gasteiger partial charge in [-0.1, -0.05) is 12.1 Å². The predicted octanol–water partition coefficient (Wildman–Crippen LogP) is 1.13. The molecule has 1 aromatic rings. The second-order valence-corrected chi connectivity index (χ2v) is 7.85. The summed E-state index contributed by atoms with van der Waals surface area (Å²) in [5, 5.41) is 14.2. The molecule has 0 spiro atoms. The summed E-state index contributed by atoms with van der Waals surface area (Å²) >= 11 is 0. The lowest BCUT2D eigenvalue weighted by Gasteiger charge is -2.20. The molecule has 7 heteroatoms. The van der Waals surface area contributed by atoms with E-state index >= 15 is 0 Å². The first-order valence-corrected chi connectivity index (χ1v) is 8.66.